The number of carbonyl (C=O) groups is 3. The van der Waals surface area contributed by atoms with Gasteiger partial charge in [-0.25, -0.2) is 9.07 Å². The molecule has 224 valence electrons. The molecule has 1 heterocycles. The maximum atomic E-state index is 13.8. The Morgan fingerprint density at radius 3 is 2.62 bits per heavy atom. The summed E-state index contributed by atoms with van der Waals surface area (Å²) in [6, 6.07) is 6.33. The second-order valence-electron chi connectivity index (χ2n) is 13.2. The molecule has 9 heteroatoms. The van der Waals surface area contributed by atoms with Crippen molar-refractivity contribution in [2.75, 3.05) is 5.75 Å². The van der Waals surface area contributed by atoms with E-state index in [1.54, 1.807) is 19.1 Å². The summed E-state index contributed by atoms with van der Waals surface area (Å²) in [5, 5.41) is 16.4. The number of rotatable bonds is 6. The Labute approximate surface area is 250 Å². The number of thioether (sulfide) groups is 1. The third-order valence-electron chi connectivity index (χ3n) is 10.9. The van der Waals surface area contributed by atoms with Crippen LogP contribution < -0.4 is 0 Å². The summed E-state index contributed by atoms with van der Waals surface area (Å²) in [4.78, 5) is 38.3. The minimum atomic E-state index is -1.36. The molecule has 42 heavy (non-hydrogen) atoms. The molecular formula is C33H39FN2O5S. The lowest BCUT2D eigenvalue weighted by atomic mass is 9.45. The van der Waals surface area contributed by atoms with Gasteiger partial charge in [0.25, 0.3) is 0 Å². The molecule has 0 radical (unpaired) electrons. The van der Waals surface area contributed by atoms with Crippen molar-refractivity contribution in [3.8, 4) is 5.69 Å². The van der Waals surface area contributed by atoms with Crippen molar-refractivity contribution >= 4 is 34.7 Å². The van der Waals surface area contributed by atoms with Crippen LogP contribution >= 0.6 is 11.8 Å². The Hall–Kier alpha value is -2.78. The maximum absolute atomic E-state index is 13.8. The van der Waals surface area contributed by atoms with Gasteiger partial charge in [0.15, 0.2) is 5.60 Å². The SMILES string of the molecule is CCC(=O)O[C@]1(C(=O)SCC(C)=O)CC[C@H]2[C@@H]3CCC4=Cc5c(cnn5-c5ccc(F)cc5)C[C@]4(C)[C@H]3[C@@H](O)C[C@@]21C. The minimum Gasteiger partial charge on any atom is -0.449 e. The Morgan fingerprint density at radius 2 is 1.93 bits per heavy atom. The summed E-state index contributed by atoms with van der Waals surface area (Å²) in [7, 11) is 0. The van der Waals surface area contributed by atoms with Crippen LogP contribution in [0.5, 0.6) is 0 Å². The molecule has 3 saturated carbocycles. The fourth-order valence-corrected chi connectivity index (χ4v) is 10.00. The number of ether oxygens (including phenoxy) is 1. The molecule has 0 unspecified atom stereocenters. The zero-order valence-electron chi connectivity index (χ0n) is 24.7. The summed E-state index contributed by atoms with van der Waals surface area (Å²) in [6.45, 7) is 7.45. The van der Waals surface area contributed by atoms with Crippen molar-refractivity contribution in [1.29, 1.82) is 0 Å². The highest BCUT2D eigenvalue weighted by Crippen LogP contribution is 2.68. The molecular weight excluding hydrogens is 555 g/mol. The summed E-state index contributed by atoms with van der Waals surface area (Å²) < 4.78 is 21.5. The summed E-state index contributed by atoms with van der Waals surface area (Å²) >= 11 is 0.942. The average Bonchev–Trinajstić information content (AvgIpc) is 3.48. The van der Waals surface area contributed by atoms with Crippen molar-refractivity contribution in [2.45, 2.75) is 84.3 Å². The van der Waals surface area contributed by atoms with Crippen LogP contribution in [0.3, 0.4) is 0 Å². The van der Waals surface area contributed by atoms with Gasteiger partial charge in [-0.3, -0.25) is 14.4 Å². The predicted molar refractivity (Wildman–Crippen MR) is 158 cm³/mol. The number of halogens is 1. The van der Waals surface area contributed by atoms with Crippen LogP contribution in [0.2, 0.25) is 0 Å². The molecule has 6 rings (SSSR count). The van der Waals surface area contributed by atoms with Crippen LogP contribution in [0.15, 0.2) is 36.0 Å². The Morgan fingerprint density at radius 1 is 1.19 bits per heavy atom. The molecule has 3 fully saturated rings. The number of ketones is 1. The van der Waals surface area contributed by atoms with Gasteiger partial charge in [-0.2, -0.15) is 5.10 Å². The normalized spacial score (nSPS) is 34.9. The molecule has 0 amide bonds. The summed E-state index contributed by atoms with van der Waals surface area (Å²) in [6.07, 6.45) is 7.53. The molecule has 2 aromatic rings. The van der Waals surface area contributed by atoms with Gasteiger partial charge in [0.05, 0.1) is 29.4 Å². The molecule has 1 N–H and O–H groups in total. The summed E-state index contributed by atoms with van der Waals surface area (Å²) in [5.41, 5.74) is 1.82. The first-order valence-electron chi connectivity index (χ1n) is 15.0. The zero-order chi connectivity index (χ0) is 30.0. The number of aliphatic hydroxyl groups is 1. The number of aliphatic hydroxyl groups excluding tert-OH is 1. The molecule has 7 nitrogen and oxygen atoms in total. The zero-order valence-corrected chi connectivity index (χ0v) is 25.5. The van der Waals surface area contributed by atoms with E-state index in [0.29, 0.717) is 12.8 Å². The van der Waals surface area contributed by atoms with E-state index in [0.717, 1.165) is 54.4 Å². The third-order valence-corrected chi connectivity index (χ3v) is 12.1. The van der Waals surface area contributed by atoms with Crippen LogP contribution in [-0.2, 0) is 25.5 Å². The number of nitrogens with zero attached hydrogens (tertiary/aromatic N) is 2. The van der Waals surface area contributed by atoms with E-state index in [-0.39, 0.29) is 52.1 Å². The van der Waals surface area contributed by atoms with E-state index >= 15 is 0 Å². The fraction of sp³-hybridized carbons (Fsp3) is 0.576. The lowest BCUT2D eigenvalue weighted by Crippen LogP contribution is -2.62. The highest BCUT2D eigenvalue weighted by atomic mass is 32.2. The number of esters is 1. The number of Topliss-reactive ketones (excluding diaryl/α,β-unsaturated/α-hetero) is 1. The van der Waals surface area contributed by atoms with Gasteiger partial charge in [0, 0.05) is 11.8 Å². The van der Waals surface area contributed by atoms with Gasteiger partial charge in [0.2, 0.25) is 5.12 Å². The predicted octanol–water partition coefficient (Wildman–Crippen LogP) is 5.71. The second kappa shape index (κ2) is 10.4. The number of benzene rings is 1. The van der Waals surface area contributed by atoms with Gasteiger partial charge >= 0.3 is 5.97 Å². The van der Waals surface area contributed by atoms with Crippen molar-refractivity contribution in [2.24, 2.45) is 28.6 Å². The molecule has 7 atom stereocenters. The van der Waals surface area contributed by atoms with Gasteiger partial charge < -0.3 is 9.84 Å². The fourth-order valence-electron chi connectivity index (χ4n) is 9.06. The highest BCUT2D eigenvalue weighted by Gasteiger charge is 2.70. The molecule has 4 aliphatic rings. The first-order chi connectivity index (χ1) is 19.9. The molecule has 4 aliphatic carbocycles. The number of hydrogen-bond acceptors (Lipinski definition) is 7. The van der Waals surface area contributed by atoms with Crippen molar-refractivity contribution in [1.82, 2.24) is 9.78 Å². The molecule has 0 aliphatic heterocycles. The number of aromatic nitrogens is 2. The van der Waals surface area contributed by atoms with Crippen molar-refractivity contribution in [3.05, 3.63) is 53.1 Å². The van der Waals surface area contributed by atoms with E-state index < -0.39 is 23.1 Å². The molecule has 0 bridgehead atoms. The van der Waals surface area contributed by atoms with E-state index in [9.17, 15) is 23.9 Å². The topological polar surface area (TPSA) is 98.5 Å². The Bertz CT molecular complexity index is 1470. The number of carbonyl (C=O) groups excluding carboxylic acids is 3. The van der Waals surface area contributed by atoms with Gasteiger partial charge in [-0.1, -0.05) is 38.1 Å². The lowest BCUT2D eigenvalue weighted by molar-refractivity contribution is -0.196. The molecule has 1 aromatic heterocycles. The van der Waals surface area contributed by atoms with E-state index in [1.165, 1.54) is 24.6 Å². The molecule has 1 aromatic carbocycles. The largest absolute Gasteiger partial charge is 0.449 e. The first kappa shape index (κ1) is 29.3. The smallest absolute Gasteiger partial charge is 0.306 e. The van der Waals surface area contributed by atoms with Crippen LogP contribution in [0.1, 0.15) is 77.5 Å². The monoisotopic (exact) mass is 594 g/mol. The Balaban J connectivity index is 1.34. The average molecular weight is 595 g/mol. The number of allylic oxidation sites excluding steroid dienone is 1. The second-order valence-corrected chi connectivity index (χ2v) is 14.2. The quantitative estimate of drug-likeness (QED) is 0.428. The minimum absolute atomic E-state index is 0.0180. The van der Waals surface area contributed by atoms with Crippen LogP contribution in [0.25, 0.3) is 11.8 Å². The lowest BCUT2D eigenvalue weighted by Gasteiger charge is -2.60. The number of fused-ring (bicyclic) bond motifs is 6. The Kier molecular flexibility index (Phi) is 7.28. The third kappa shape index (κ3) is 4.33. The molecule has 0 saturated heterocycles. The van der Waals surface area contributed by atoms with Gasteiger partial charge in [-0.15, -0.1) is 0 Å². The highest BCUT2D eigenvalue weighted by molar-refractivity contribution is 8.14. The maximum Gasteiger partial charge on any atom is 0.306 e. The van der Waals surface area contributed by atoms with Crippen molar-refractivity contribution < 1.29 is 28.6 Å². The van der Waals surface area contributed by atoms with Gasteiger partial charge in [0.1, 0.15) is 11.6 Å². The van der Waals surface area contributed by atoms with Crippen LogP contribution in [0, 0.1) is 34.4 Å². The van der Waals surface area contributed by atoms with Crippen molar-refractivity contribution in [3.63, 3.8) is 0 Å². The van der Waals surface area contributed by atoms with Crippen LogP contribution in [0.4, 0.5) is 4.39 Å². The standard InChI is InChI=1S/C33H39FN2O5S/c1-5-28(39)41-33(30(40)42-18-19(2)37)13-12-25-24-11-6-21-14-26-20(17-35-36(26)23-9-7-22(34)8-10-23)15-31(21,3)29(24)27(38)16-32(25,33)4/h7-10,14,17,24-25,27,29,38H,5-6,11-13,15-16,18H2,1-4H3/t24-,25-,27-,29+,31-,32-,33-/m0/s1. The number of hydrogen-bond donors (Lipinski definition) is 1. The van der Waals surface area contributed by atoms with E-state index in [2.05, 4.69) is 18.1 Å². The molecule has 0 spiro atoms. The van der Waals surface area contributed by atoms with E-state index in [1.807, 2.05) is 17.8 Å². The van der Waals surface area contributed by atoms with Crippen LogP contribution in [-0.4, -0.2) is 49.2 Å². The van der Waals surface area contributed by atoms with Gasteiger partial charge in [-0.05, 0) is 105 Å². The van der Waals surface area contributed by atoms with E-state index in [4.69, 9.17) is 4.74 Å². The summed E-state index contributed by atoms with van der Waals surface area (Å²) in [5.74, 6) is -0.546. The first-order valence-corrected chi connectivity index (χ1v) is 16.0.